The van der Waals surface area contributed by atoms with Gasteiger partial charge in [0.15, 0.2) is 0 Å². The van der Waals surface area contributed by atoms with Crippen LogP contribution in [0.1, 0.15) is 6.92 Å². The largest absolute Gasteiger partial charge is 0.480 e. The quantitative estimate of drug-likeness (QED) is 0.408. The van der Waals surface area contributed by atoms with Crippen molar-refractivity contribution in [1.29, 1.82) is 0 Å². The molecule has 0 rings (SSSR count). The lowest BCUT2D eigenvalue weighted by Crippen LogP contribution is -2.26. The molecule has 0 aromatic carbocycles. The van der Waals surface area contributed by atoms with Gasteiger partial charge in [-0.25, -0.2) is 0 Å². The van der Waals surface area contributed by atoms with Crippen LogP contribution in [0.15, 0.2) is 0 Å². The number of carboxylic acid groups (broad SMARTS) is 1. The van der Waals surface area contributed by atoms with E-state index in [4.69, 9.17) is 15.3 Å². The highest BCUT2D eigenvalue weighted by Crippen LogP contribution is 1.60. The van der Waals surface area contributed by atoms with Gasteiger partial charge in [0, 0.05) is 6.92 Å². The molecule has 0 atom stereocenters. The third-order valence-electron chi connectivity index (χ3n) is 0.589. The maximum Gasteiger partial charge on any atom is 0.322 e. The normalized spacial score (nSPS) is 7.92. The van der Waals surface area contributed by atoms with Crippen molar-refractivity contribution in [3.8, 4) is 0 Å². The molecule has 0 aromatic heterocycles. The molecule has 0 aromatic rings. The minimum absolute atomic E-state index is 0.125. The number of aliphatic hydroxyl groups excluding tert-OH is 2. The number of aliphatic hydroxyl groups is 2. The van der Waals surface area contributed by atoms with E-state index < -0.39 is 5.97 Å². The van der Waals surface area contributed by atoms with E-state index in [0.29, 0.717) is 0 Å². The number of nitrogens with one attached hydrogen (secondary N) is 1. The second-order valence-corrected chi connectivity index (χ2v) is 1.75. The molecule has 4 N–H and O–H groups in total. The molecular formula is C6H13NO5. The van der Waals surface area contributed by atoms with Gasteiger partial charge in [0.05, 0.1) is 13.2 Å². The van der Waals surface area contributed by atoms with Crippen molar-refractivity contribution in [2.45, 2.75) is 6.92 Å². The van der Waals surface area contributed by atoms with Crippen LogP contribution in [0.2, 0.25) is 0 Å². The van der Waals surface area contributed by atoms with E-state index in [1.807, 2.05) is 0 Å². The maximum atomic E-state index is 9.97. The Balaban J connectivity index is 0. The topological polar surface area (TPSA) is 107 Å². The molecule has 0 radical (unpaired) electrons. The average Bonchev–Trinajstić information content (AvgIpc) is 2.01. The van der Waals surface area contributed by atoms with Crippen LogP contribution in [0.3, 0.4) is 0 Å². The molecule has 6 heteroatoms. The molecule has 0 bridgehead atoms. The summed E-state index contributed by atoms with van der Waals surface area (Å²) in [4.78, 5) is 19.7. The van der Waals surface area contributed by atoms with Crippen LogP contribution in [0.25, 0.3) is 0 Å². The van der Waals surface area contributed by atoms with E-state index in [1.54, 1.807) is 0 Å². The fourth-order valence-corrected chi connectivity index (χ4v) is 0.200. The third kappa shape index (κ3) is 23.2. The first kappa shape index (κ1) is 13.4. The fraction of sp³-hybridized carbons (Fsp3) is 0.667. The molecule has 1 amide bonds. The van der Waals surface area contributed by atoms with Crippen molar-refractivity contribution < 1.29 is 24.9 Å². The summed E-state index contributed by atoms with van der Waals surface area (Å²) in [6.45, 7) is 0.721. The van der Waals surface area contributed by atoms with Crippen LogP contribution in [0.5, 0.6) is 0 Å². The Kier molecular flexibility index (Phi) is 11.1. The van der Waals surface area contributed by atoms with E-state index in [0.717, 1.165) is 0 Å². The van der Waals surface area contributed by atoms with Gasteiger partial charge in [-0.05, 0) is 0 Å². The summed E-state index contributed by atoms with van der Waals surface area (Å²) in [5.74, 6) is -1.35. The summed E-state index contributed by atoms with van der Waals surface area (Å²) in [5.41, 5.74) is 0. The molecule has 0 aliphatic heterocycles. The van der Waals surface area contributed by atoms with Gasteiger partial charge in [0.1, 0.15) is 6.54 Å². The van der Waals surface area contributed by atoms with E-state index >= 15 is 0 Å². The van der Waals surface area contributed by atoms with Gasteiger partial charge in [-0.1, -0.05) is 0 Å². The molecule has 0 saturated carbocycles. The SMILES string of the molecule is CC(=O)NCC(=O)O.OCCO. The zero-order chi connectivity index (χ0) is 9.98. The highest BCUT2D eigenvalue weighted by atomic mass is 16.4. The number of amides is 1. The van der Waals surface area contributed by atoms with Gasteiger partial charge < -0.3 is 20.6 Å². The Hall–Kier alpha value is -1.14. The summed E-state index contributed by atoms with van der Waals surface area (Å²) >= 11 is 0. The maximum absolute atomic E-state index is 9.97. The van der Waals surface area contributed by atoms with Gasteiger partial charge in [-0.2, -0.15) is 0 Å². The van der Waals surface area contributed by atoms with E-state index in [9.17, 15) is 9.59 Å². The number of hydrogen-bond donors (Lipinski definition) is 4. The second-order valence-electron chi connectivity index (χ2n) is 1.75. The number of carbonyl (C=O) groups is 2. The molecular weight excluding hydrogens is 166 g/mol. The number of rotatable bonds is 3. The van der Waals surface area contributed by atoms with Crippen molar-refractivity contribution in [2.24, 2.45) is 0 Å². The molecule has 0 aliphatic carbocycles. The van der Waals surface area contributed by atoms with Crippen molar-refractivity contribution in [3.05, 3.63) is 0 Å². The van der Waals surface area contributed by atoms with Crippen LogP contribution in [-0.4, -0.2) is 47.0 Å². The van der Waals surface area contributed by atoms with Crippen LogP contribution < -0.4 is 5.32 Å². The fourth-order valence-electron chi connectivity index (χ4n) is 0.200. The number of aliphatic carboxylic acids is 1. The Bertz CT molecular complexity index is 120. The molecule has 0 saturated heterocycles. The summed E-state index contributed by atoms with van der Waals surface area (Å²) < 4.78 is 0. The zero-order valence-corrected chi connectivity index (χ0v) is 6.78. The lowest BCUT2D eigenvalue weighted by molar-refractivity contribution is -0.137. The molecule has 0 heterocycles. The van der Waals surface area contributed by atoms with Gasteiger partial charge in [0.25, 0.3) is 0 Å². The Morgan fingerprint density at radius 2 is 1.67 bits per heavy atom. The van der Waals surface area contributed by atoms with Crippen molar-refractivity contribution in [3.63, 3.8) is 0 Å². The summed E-state index contributed by atoms with van der Waals surface area (Å²) in [7, 11) is 0. The smallest absolute Gasteiger partial charge is 0.322 e. The zero-order valence-electron chi connectivity index (χ0n) is 6.78. The summed E-state index contributed by atoms with van der Waals surface area (Å²) in [6, 6.07) is 0. The molecule has 0 spiro atoms. The van der Waals surface area contributed by atoms with Crippen LogP contribution in [0, 0.1) is 0 Å². The summed E-state index contributed by atoms with van der Waals surface area (Å²) in [5, 5.41) is 25.3. The third-order valence-corrected chi connectivity index (χ3v) is 0.589. The molecule has 0 unspecified atom stereocenters. The van der Waals surface area contributed by atoms with Crippen LogP contribution in [0.4, 0.5) is 0 Å². The Morgan fingerprint density at radius 3 is 1.75 bits per heavy atom. The van der Waals surface area contributed by atoms with E-state index in [1.165, 1.54) is 6.92 Å². The molecule has 0 aliphatic rings. The number of hydrogen-bond acceptors (Lipinski definition) is 4. The highest BCUT2D eigenvalue weighted by Gasteiger charge is 1.94. The van der Waals surface area contributed by atoms with Crippen LogP contribution >= 0.6 is 0 Å². The predicted octanol–water partition coefficient (Wildman–Crippen LogP) is -1.82. The minimum Gasteiger partial charge on any atom is -0.480 e. The molecule has 72 valence electrons. The first-order valence-corrected chi connectivity index (χ1v) is 3.22. The second kappa shape index (κ2) is 9.86. The summed E-state index contributed by atoms with van der Waals surface area (Å²) in [6.07, 6.45) is 0. The van der Waals surface area contributed by atoms with Gasteiger partial charge in [-0.15, -0.1) is 0 Å². The van der Waals surface area contributed by atoms with E-state index in [-0.39, 0.29) is 25.7 Å². The first-order chi connectivity index (χ1) is 5.54. The monoisotopic (exact) mass is 179 g/mol. The predicted molar refractivity (Wildman–Crippen MR) is 40.5 cm³/mol. The van der Waals surface area contributed by atoms with Crippen molar-refractivity contribution in [1.82, 2.24) is 5.32 Å². The molecule has 6 nitrogen and oxygen atoms in total. The van der Waals surface area contributed by atoms with E-state index in [2.05, 4.69) is 5.32 Å². The standard InChI is InChI=1S/C4H7NO3.C2H6O2/c1-3(6)5-2-4(7)8;3-1-2-4/h2H2,1H3,(H,5,6)(H,7,8);3-4H,1-2H2. The highest BCUT2D eigenvalue weighted by molar-refractivity contribution is 5.79. The Morgan fingerprint density at radius 1 is 1.25 bits per heavy atom. The molecule has 12 heavy (non-hydrogen) atoms. The van der Waals surface area contributed by atoms with Gasteiger partial charge >= 0.3 is 5.97 Å². The van der Waals surface area contributed by atoms with Crippen molar-refractivity contribution in [2.75, 3.05) is 19.8 Å². The lowest BCUT2D eigenvalue weighted by Gasteiger charge is -1.92. The van der Waals surface area contributed by atoms with Crippen molar-refractivity contribution >= 4 is 11.9 Å². The molecule has 0 fully saturated rings. The minimum atomic E-state index is -1.03. The number of carbonyl (C=O) groups excluding carboxylic acids is 1. The number of carboxylic acids is 1. The first-order valence-electron chi connectivity index (χ1n) is 3.22. The lowest BCUT2D eigenvalue weighted by atomic mass is 10.6. The van der Waals surface area contributed by atoms with Crippen LogP contribution in [-0.2, 0) is 9.59 Å². The Labute approximate surface area is 69.8 Å². The van der Waals surface area contributed by atoms with Gasteiger partial charge in [-0.3, -0.25) is 9.59 Å². The van der Waals surface area contributed by atoms with Gasteiger partial charge in [0.2, 0.25) is 5.91 Å². The average molecular weight is 179 g/mol.